The minimum atomic E-state index is -0.337. The molecule has 0 aliphatic carbocycles. The van der Waals surface area contributed by atoms with Crippen molar-refractivity contribution in [2.45, 2.75) is 5.38 Å². The molecule has 1 nitrogen and oxygen atoms in total. The first-order valence-corrected chi connectivity index (χ1v) is 7.43. The van der Waals surface area contributed by atoms with Gasteiger partial charge in [0, 0.05) is 14.5 Å². The van der Waals surface area contributed by atoms with E-state index in [1.165, 1.54) is 0 Å². The molecule has 1 unspecified atom stereocenters. The number of rotatable bonds is 3. The van der Waals surface area contributed by atoms with Crippen molar-refractivity contribution in [2.24, 2.45) is 0 Å². The molecule has 1 atom stereocenters. The highest BCUT2D eigenvalue weighted by Crippen LogP contribution is 2.37. The van der Waals surface area contributed by atoms with Gasteiger partial charge in [-0.2, -0.15) is 0 Å². The summed E-state index contributed by atoms with van der Waals surface area (Å²) >= 11 is 22.0. The molecule has 2 aromatic carbocycles. The minimum absolute atomic E-state index is 0.337. The SMILES string of the molecule is COc1ccc(C(Cl)c2cc(Cl)cc(Cl)c2)c(Br)c1. The molecule has 0 bridgehead atoms. The number of ether oxygens (including phenoxy) is 1. The highest BCUT2D eigenvalue weighted by Gasteiger charge is 2.15. The zero-order chi connectivity index (χ0) is 14.0. The Bertz CT molecular complexity index is 581. The van der Waals surface area contributed by atoms with Gasteiger partial charge >= 0.3 is 0 Å². The van der Waals surface area contributed by atoms with Crippen LogP contribution >= 0.6 is 50.7 Å². The Hall–Kier alpha value is -0.410. The molecule has 2 aromatic rings. The molecular weight excluding hydrogens is 370 g/mol. The van der Waals surface area contributed by atoms with Crippen LogP contribution in [0.5, 0.6) is 5.75 Å². The first kappa shape index (κ1) is 15.0. The van der Waals surface area contributed by atoms with Crippen molar-refractivity contribution in [1.82, 2.24) is 0 Å². The molecule has 0 radical (unpaired) electrons. The third kappa shape index (κ3) is 3.57. The van der Waals surface area contributed by atoms with Crippen LogP contribution in [0.1, 0.15) is 16.5 Å². The first-order valence-electron chi connectivity index (χ1n) is 5.44. The smallest absolute Gasteiger partial charge is 0.120 e. The molecule has 5 heteroatoms. The molecule has 0 heterocycles. The Morgan fingerprint density at radius 2 is 1.68 bits per heavy atom. The molecule has 0 amide bonds. The Balaban J connectivity index is 2.40. The monoisotopic (exact) mass is 378 g/mol. The van der Waals surface area contributed by atoms with E-state index in [1.807, 2.05) is 30.3 Å². The van der Waals surface area contributed by atoms with Crippen LogP contribution in [0.25, 0.3) is 0 Å². The van der Waals surface area contributed by atoms with Crippen molar-refractivity contribution in [2.75, 3.05) is 7.11 Å². The highest BCUT2D eigenvalue weighted by atomic mass is 79.9. The van der Waals surface area contributed by atoms with Crippen molar-refractivity contribution in [3.05, 3.63) is 62.0 Å². The fourth-order valence-electron chi connectivity index (χ4n) is 1.74. The zero-order valence-electron chi connectivity index (χ0n) is 9.96. The first-order chi connectivity index (χ1) is 9.01. The van der Waals surface area contributed by atoms with Gasteiger partial charge in [-0.3, -0.25) is 0 Å². The molecule has 0 saturated carbocycles. The maximum Gasteiger partial charge on any atom is 0.120 e. The number of hydrogen-bond acceptors (Lipinski definition) is 1. The van der Waals surface area contributed by atoms with Crippen molar-refractivity contribution >= 4 is 50.7 Å². The van der Waals surface area contributed by atoms with Gasteiger partial charge in [-0.25, -0.2) is 0 Å². The minimum Gasteiger partial charge on any atom is -0.497 e. The second kappa shape index (κ2) is 6.36. The van der Waals surface area contributed by atoms with Gasteiger partial charge in [0.2, 0.25) is 0 Å². The molecule has 0 saturated heterocycles. The maximum absolute atomic E-state index is 6.49. The molecule has 100 valence electrons. The van der Waals surface area contributed by atoms with Gasteiger partial charge in [0.25, 0.3) is 0 Å². The summed E-state index contributed by atoms with van der Waals surface area (Å²) in [4.78, 5) is 0. The van der Waals surface area contributed by atoms with E-state index in [1.54, 1.807) is 13.2 Å². The fraction of sp³-hybridized carbons (Fsp3) is 0.143. The van der Waals surface area contributed by atoms with Crippen LogP contribution in [0.15, 0.2) is 40.9 Å². The lowest BCUT2D eigenvalue weighted by molar-refractivity contribution is 0.414. The predicted octanol–water partition coefficient (Wildman–Crippen LogP) is 6.09. The molecule has 0 aliphatic heterocycles. The predicted molar refractivity (Wildman–Crippen MR) is 84.9 cm³/mol. The average Bonchev–Trinajstić information content (AvgIpc) is 2.36. The van der Waals surface area contributed by atoms with Crippen LogP contribution in [0.4, 0.5) is 0 Å². The van der Waals surface area contributed by atoms with E-state index in [-0.39, 0.29) is 5.38 Å². The number of methoxy groups -OCH3 is 1. The third-order valence-electron chi connectivity index (χ3n) is 2.66. The second-order valence-electron chi connectivity index (χ2n) is 3.95. The van der Waals surface area contributed by atoms with Crippen LogP contribution in [0.3, 0.4) is 0 Å². The van der Waals surface area contributed by atoms with E-state index >= 15 is 0 Å². The molecule has 0 aromatic heterocycles. The topological polar surface area (TPSA) is 9.23 Å². The quantitative estimate of drug-likeness (QED) is 0.585. The van der Waals surface area contributed by atoms with Gasteiger partial charge in [-0.1, -0.05) is 45.2 Å². The standard InChI is InChI=1S/C14H10BrCl3O/c1-19-11-2-3-12(13(15)7-11)14(18)8-4-9(16)6-10(17)5-8/h2-7,14H,1H3. The average molecular weight is 380 g/mol. The maximum atomic E-state index is 6.49. The Morgan fingerprint density at radius 1 is 1.05 bits per heavy atom. The molecule has 0 aliphatic rings. The molecular formula is C14H10BrCl3O. The van der Waals surface area contributed by atoms with E-state index in [2.05, 4.69) is 15.9 Å². The van der Waals surface area contributed by atoms with Crippen LogP contribution in [0.2, 0.25) is 10.0 Å². The molecule has 2 rings (SSSR count). The second-order valence-corrected chi connectivity index (χ2v) is 6.12. The van der Waals surface area contributed by atoms with Gasteiger partial charge in [-0.05, 0) is 41.5 Å². The lowest BCUT2D eigenvalue weighted by atomic mass is 10.0. The van der Waals surface area contributed by atoms with Crippen molar-refractivity contribution in [3.8, 4) is 5.75 Å². The van der Waals surface area contributed by atoms with Gasteiger partial charge < -0.3 is 4.74 Å². The fourth-order valence-corrected chi connectivity index (χ4v) is 3.32. The summed E-state index contributed by atoms with van der Waals surface area (Å²) in [6, 6.07) is 10.9. The van der Waals surface area contributed by atoms with Gasteiger partial charge in [-0.15, -0.1) is 11.6 Å². The van der Waals surface area contributed by atoms with E-state index in [4.69, 9.17) is 39.5 Å². The Labute approximate surface area is 135 Å². The molecule has 0 N–H and O–H groups in total. The van der Waals surface area contributed by atoms with Crippen molar-refractivity contribution in [3.63, 3.8) is 0 Å². The molecule has 0 spiro atoms. The molecule has 0 fully saturated rings. The van der Waals surface area contributed by atoms with E-state index < -0.39 is 0 Å². The lowest BCUT2D eigenvalue weighted by Gasteiger charge is -2.14. The van der Waals surface area contributed by atoms with Crippen LogP contribution in [-0.4, -0.2) is 7.11 Å². The van der Waals surface area contributed by atoms with Crippen LogP contribution in [0, 0.1) is 0 Å². The van der Waals surface area contributed by atoms with Gasteiger partial charge in [0.1, 0.15) is 5.75 Å². The van der Waals surface area contributed by atoms with Crippen LogP contribution in [-0.2, 0) is 0 Å². The largest absolute Gasteiger partial charge is 0.497 e. The summed E-state index contributed by atoms with van der Waals surface area (Å²) in [7, 11) is 1.62. The summed E-state index contributed by atoms with van der Waals surface area (Å²) in [5.74, 6) is 0.767. The van der Waals surface area contributed by atoms with E-state index in [0.717, 1.165) is 21.3 Å². The van der Waals surface area contributed by atoms with Crippen molar-refractivity contribution in [1.29, 1.82) is 0 Å². The highest BCUT2D eigenvalue weighted by molar-refractivity contribution is 9.10. The number of halogens is 4. The van der Waals surface area contributed by atoms with Gasteiger partial charge in [0.05, 0.1) is 12.5 Å². The third-order valence-corrected chi connectivity index (χ3v) is 4.27. The van der Waals surface area contributed by atoms with E-state index in [0.29, 0.717) is 10.0 Å². The summed E-state index contributed by atoms with van der Waals surface area (Å²) in [5.41, 5.74) is 1.78. The number of hydrogen-bond donors (Lipinski definition) is 0. The van der Waals surface area contributed by atoms with E-state index in [9.17, 15) is 0 Å². The number of alkyl halides is 1. The van der Waals surface area contributed by atoms with Crippen LogP contribution < -0.4 is 4.74 Å². The Kier molecular flexibility index (Phi) is 5.02. The normalized spacial score (nSPS) is 12.3. The number of benzene rings is 2. The summed E-state index contributed by atoms with van der Waals surface area (Å²) in [5, 5.41) is 0.798. The lowest BCUT2D eigenvalue weighted by Crippen LogP contribution is -1.95. The zero-order valence-corrected chi connectivity index (χ0v) is 13.8. The Morgan fingerprint density at radius 3 is 2.21 bits per heavy atom. The summed E-state index contributed by atoms with van der Waals surface area (Å²) in [6.07, 6.45) is 0. The van der Waals surface area contributed by atoms with Crippen molar-refractivity contribution < 1.29 is 4.74 Å². The van der Waals surface area contributed by atoms with Gasteiger partial charge in [0.15, 0.2) is 0 Å². The summed E-state index contributed by atoms with van der Waals surface area (Å²) in [6.45, 7) is 0. The molecule has 19 heavy (non-hydrogen) atoms. The summed E-state index contributed by atoms with van der Waals surface area (Å²) < 4.78 is 6.04.